The maximum absolute atomic E-state index is 13.6. The maximum atomic E-state index is 13.6. The number of hydrogen-bond donors (Lipinski definition) is 0. The Labute approximate surface area is 190 Å². The summed E-state index contributed by atoms with van der Waals surface area (Å²) in [5.41, 5.74) is 0.394. The van der Waals surface area contributed by atoms with Crippen molar-refractivity contribution in [2.24, 2.45) is 0 Å². The third kappa shape index (κ3) is 5.06. The minimum Gasteiger partial charge on any atom is -0.467 e. The van der Waals surface area contributed by atoms with Crippen LogP contribution in [0.5, 0.6) is 0 Å². The van der Waals surface area contributed by atoms with E-state index in [1.807, 2.05) is 24.1 Å². The molecule has 2 aromatic rings. The Morgan fingerprint density at radius 1 is 1.00 bits per heavy atom. The number of carbonyl (C=O) groups excluding carboxylic acids is 1. The van der Waals surface area contributed by atoms with Gasteiger partial charge in [0.2, 0.25) is 10.0 Å². The monoisotopic (exact) mass is 460 g/mol. The molecule has 0 bridgehead atoms. The van der Waals surface area contributed by atoms with Crippen molar-refractivity contribution in [3.63, 3.8) is 0 Å². The highest BCUT2D eigenvalue weighted by Crippen LogP contribution is 2.24. The summed E-state index contributed by atoms with van der Waals surface area (Å²) in [7, 11) is 0.432. The third-order valence-electron chi connectivity index (χ3n) is 6.48. The van der Waals surface area contributed by atoms with Crippen LogP contribution >= 0.6 is 0 Å². The lowest BCUT2D eigenvalue weighted by Crippen LogP contribution is -2.47. The first-order valence-corrected chi connectivity index (χ1v) is 12.6. The summed E-state index contributed by atoms with van der Waals surface area (Å²) in [5, 5.41) is 0. The van der Waals surface area contributed by atoms with Crippen molar-refractivity contribution >= 4 is 15.9 Å². The average Bonchev–Trinajstić information content (AvgIpc) is 3.31. The minimum atomic E-state index is -3.64. The van der Waals surface area contributed by atoms with E-state index in [2.05, 4.69) is 16.8 Å². The number of rotatable bonds is 6. The van der Waals surface area contributed by atoms with Gasteiger partial charge in [0.05, 0.1) is 17.7 Å². The summed E-state index contributed by atoms with van der Waals surface area (Å²) < 4.78 is 33.4. The largest absolute Gasteiger partial charge is 0.467 e. The number of likely N-dealkylation sites (N-methyl/N-ethyl adjacent to an activating group) is 1. The normalized spacial score (nSPS) is 19.8. The third-order valence-corrected chi connectivity index (χ3v) is 8.37. The average molecular weight is 461 g/mol. The zero-order valence-electron chi connectivity index (χ0n) is 18.8. The fraction of sp³-hybridized carbons (Fsp3) is 0.522. The molecular formula is C23H32N4O4S. The summed E-state index contributed by atoms with van der Waals surface area (Å²) in [5.74, 6) is 0.560. The van der Waals surface area contributed by atoms with E-state index >= 15 is 0 Å². The van der Waals surface area contributed by atoms with Crippen LogP contribution in [0.2, 0.25) is 0 Å². The van der Waals surface area contributed by atoms with Gasteiger partial charge < -0.3 is 19.1 Å². The Balaban J connectivity index is 1.58. The molecule has 4 rings (SSSR count). The number of hydrogen-bond acceptors (Lipinski definition) is 6. The van der Waals surface area contributed by atoms with Gasteiger partial charge in [-0.3, -0.25) is 4.79 Å². The summed E-state index contributed by atoms with van der Waals surface area (Å²) in [4.78, 5) is 20.0. The van der Waals surface area contributed by atoms with Gasteiger partial charge in [0.15, 0.2) is 0 Å². The molecule has 32 heavy (non-hydrogen) atoms. The molecule has 2 saturated heterocycles. The molecule has 2 fully saturated rings. The van der Waals surface area contributed by atoms with Crippen molar-refractivity contribution < 1.29 is 17.6 Å². The van der Waals surface area contributed by atoms with Gasteiger partial charge in [-0.25, -0.2) is 8.42 Å². The molecule has 1 aromatic carbocycles. The molecular weight excluding hydrogens is 428 g/mol. The molecule has 0 spiro atoms. The summed E-state index contributed by atoms with van der Waals surface area (Å²) in [6.07, 6.45) is 3.36. The number of sulfonamides is 1. The van der Waals surface area contributed by atoms with E-state index in [0.29, 0.717) is 38.3 Å². The second-order valence-electron chi connectivity index (χ2n) is 8.78. The van der Waals surface area contributed by atoms with E-state index in [9.17, 15) is 13.2 Å². The van der Waals surface area contributed by atoms with Gasteiger partial charge in [-0.2, -0.15) is 4.31 Å². The molecule has 2 aliphatic rings. The molecule has 174 valence electrons. The van der Waals surface area contributed by atoms with Crippen LogP contribution in [-0.2, 0) is 16.6 Å². The first kappa shape index (κ1) is 23.0. The van der Waals surface area contributed by atoms with E-state index in [-0.39, 0.29) is 16.8 Å². The number of piperidine rings is 1. The van der Waals surface area contributed by atoms with Gasteiger partial charge in [0.1, 0.15) is 5.76 Å². The molecule has 0 aliphatic carbocycles. The topological polar surface area (TPSA) is 77.3 Å². The van der Waals surface area contributed by atoms with Crippen LogP contribution in [0.25, 0.3) is 0 Å². The lowest BCUT2D eigenvalue weighted by atomic mass is 10.0. The smallest absolute Gasteiger partial charge is 0.254 e. The second-order valence-corrected chi connectivity index (χ2v) is 10.7. The first-order chi connectivity index (χ1) is 15.3. The van der Waals surface area contributed by atoms with Crippen molar-refractivity contribution in [1.82, 2.24) is 19.0 Å². The molecule has 0 radical (unpaired) electrons. The van der Waals surface area contributed by atoms with Crippen LogP contribution in [0.3, 0.4) is 0 Å². The molecule has 3 heterocycles. The Bertz CT molecular complexity index is 1010. The highest BCUT2D eigenvalue weighted by molar-refractivity contribution is 7.89. The van der Waals surface area contributed by atoms with Crippen molar-refractivity contribution in [3.8, 4) is 0 Å². The molecule has 9 heteroatoms. The SMILES string of the molecule is CN1CCC(N(Cc2ccco2)C(=O)c2cccc(S(=O)(=O)N3CCN(C)CC3)c2)CC1. The standard InChI is InChI=1S/C23H32N4O4S/c1-24-10-8-20(9-11-24)27(18-21-6-4-16-31-21)23(28)19-5-3-7-22(17-19)32(29,30)26-14-12-25(2)13-15-26/h3-7,16-17,20H,8-15,18H2,1-2H3. The molecule has 1 amide bonds. The maximum Gasteiger partial charge on any atom is 0.254 e. The predicted molar refractivity (Wildman–Crippen MR) is 122 cm³/mol. The Morgan fingerprint density at radius 2 is 1.69 bits per heavy atom. The molecule has 0 saturated carbocycles. The van der Waals surface area contributed by atoms with Gasteiger partial charge >= 0.3 is 0 Å². The lowest BCUT2D eigenvalue weighted by Gasteiger charge is -2.37. The van der Waals surface area contributed by atoms with Crippen LogP contribution in [0.1, 0.15) is 29.0 Å². The van der Waals surface area contributed by atoms with E-state index in [4.69, 9.17) is 4.42 Å². The molecule has 8 nitrogen and oxygen atoms in total. The molecule has 0 atom stereocenters. The van der Waals surface area contributed by atoms with Crippen LogP contribution in [-0.4, -0.2) is 92.7 Å². The zero-order chi connectivity index (χ0) is 22.7. The number of likely N-dealkylation sites (tertiary alicyclic amines) is 1. The van der Waals surface area contributed by atoms with Crippen molar-refractivity contribution in [3.05, 3.63) is 54.0 Å². The van der Waals surface area contributed by atoms with Gasteiger partial charge in [0, 0.05) is 37.8 Å². The van der Waals surface area contributed by atoms with E-state index < -0.39 is 10.0 Å². The molecule has 1 aromatic heterocycles. The molecule has 0 unspecified atom stereocenters. The molecule has 0 N–H and O–H groups in total. The fourth-order valence-corrected chi connectivity index (χ4v) is 5.85. The highest BCUT2D eigenvalue weighted by Gasteiger charge is 2.31. The van der Waals surface area contributed by atoms with E-state index in [1.165, 1.54) is 10.4 Å². The van der Waals surface area contributed by atoms with Crippen molar-refractivity contribution in [2.75, 3.05) is 53.4 Å². The summed E-state index contributed by atoms with van der Waals surface area (Å²) >= 11 is 0. The van der Waals surface area contributed by atoms with Gasteiger partial charge in [-0.1, -0.05) is 6.07 Å². The van der Waals surface area contributed by atoms with Gasteiger partial charge in [0.25, 0.3) is 5.91 Å². The predicted octanol–water partition coefficient (Wildman–Crippen LogP) is 1.95. The number of furan rings is 1. The summed E-state index contributed by atoms with van der Waals surface area (Å²) in [6.45, 7) is 4.52. The number of carbonyl (C=O) groups is 1. The lowest BCUT2D eigenvalue weighted by molar-refractivity contribution is 0.0550. The zero-order valence-corrected chi connectivity index (χ0v) is 19.6. The summed E-state index contributed by atoms with van der Waals surface area (Å²) in [6, 6.07) is 10.2. The van der Waals surface area contributed by atoms with Crippen LogP contribution in [0, 0.1) is 0 Å². The van der Waals surface area contributed by atoms with Crippen LogP contribution in [0.15, 0.2) is 52.0 Å². The number of amides is 1. The van der Waals surface area contributed by atoms with E-state index in [1.54, 1.807) is 24.5 Å². The van der Waals surface area contributed by atoms with E-state index in [0.717, 1.165) is 31.7 Å². The highest BCUT2D eigenvalue weighted by atomic mass is 32.2. The fourth-order valence-electron chi connectivity index (χ4n) is 4.38. The van der Waals surface area contributed by atoms with Gasteiger partial charge in [-0.05, 0) is 70.4 Å². The van der Waals surface area contributed by atoms with Crippen LogP contribution < -0.4 is 0 Å². The number of benzene rings is 1. The Hall–Kier alpha value is -2.20. The Morgan fingerprint density at radius 3 is 2.34 bits per heavy atom. The van der Waals surface area contributed by atoms with Gasteiger partial charge in [-0.15, -0.1) is 0 Å². The number of nitrogens with zero attached hydrogens (tertiary/aromatic N) is 4. The second kappa shape index (κ2) is 9.74. The van der Waals surface area contributed by atoms with Crippen molar-refractivity contribution in [1.29, 1.82) is 0 Å². The van der Waals surface area contributed by atoms with Crippen LogP contribution in [0.4, 0.5) is 0 Å². The quantitative estimate of drug-likeness (QED) is 0.656. The molecule has 2 aliphatic heterocycles. The Kier molecular flexibility index (Phi) is 6.99. The van der Waals surface area contributed by atoms with Crippen molar-refractivity contribution in [2.45, 2.75) is 30.3 Å². The minimum absolute atomic E-state index is 0.0849. The first-order valence-electron chi connectivity index (χ1n) is 11.2. The number of piperazine rings is 1.